The Kier molecular flexibility index (Phi) is 3.91. The van der Waals surface area contributed by atoms with Crippen molar-refractivity contribution >= 4 is 5.78 Å². The predicted octanol–water partition coefficient (Wildman–Crippen LogP) is 0.200. The number of carbonyl (C=O) groups excluding carboxylic acids is 1. The predicted molar refractivity (Wildman–Crippen MR) is 67.8 cm³/mol. The van der Waals surface area contributed by atoms with Gasteiger partial charge in [0, 0.05) is 13.3 Å². The molecule has 100 valence electrons. The molecule has 0 spiro atoms. The summed E-state index contributed by atoms with van der Waals surface area (Å²) in [5.41, 5.74) is 5.68. The van der Waals surface area contributed by atoms with Gasteiger partial charge in [0.05, 0.1) is 6.54 Å². The van der Waals surface area contributed by atoms with Crippen molar-refractivity contribution in [2.45, 2.75) is 19.4 Å². The van der Waals surface area contributed by atoms with E-state index in [2.05, 4.69) is 9.79 Å². The highest BCUT2D eigenvalue weighted by atomic mass is 16.5. The van der Waals surface area contributed by atoms with Crippen LogP contribution in [0.1, 0.15) is 29.0 Å². The fourth-order valence-electron chi connectivity index (χ4n) is 1.98. The summed E-state index contributed by atoms with van der Waals surface area (Å²) in [5, 5.41) is 2.46. The van der Waals surface area contributed by atoms with E-state index in [1.807, 2.05) is 37.3 Å². The third kappa shape index (κ3) is 2.79. The molecule has 6 nitrogen and oxygen atoms in total. The summed E-state index contributed by atoms with van der Waals surface area (Å²) in [6, 6.07) is 9.68. The number of aromatic nitrogens is 2. The second-order valence-electron chi connectivity index (χ2n) is 4.37. The Morgan fingerprint density at radius 2 is 2.11 bits per heavy atom. The quantitative estimate of drug-likeness (QED) is 0.594. The maximum atomic E-state index is 11.6. The standard InChI is InChI=1S/C13H15N3O3/c1-9(7-10-5-3-2-4-6-10)16-12(11(17)8-14)13(18)19-15-16/h2-6,9H,7-8,14H2,1H3/p+1/t9-/m1/s1. The molecule has 2 rings (SSSR count). The number of rotatable bonds is 5. The molecule has 0 unspecified atom stereocenters. The van der Waals surface area contributed by atoms with Crippen molar-refractivity contribution in [1.29, 1.82) is 0 Å². The van der Waals surface area contributed by atoms with Crippen molar-refractivity contribution in [3.8, 4) is 0 Å². The summed E-state index contributed by atoms with van der Waals surface area (Å²) in [6.07, 6.45) is 0.672. The van der Waals surface area contributed by atoms with Crippen LogP contribution in [0.25, 0.3) is 0 Å². The zero-order valence-corrected chi connectivity index (χ0v) is 10.6. The Hall–Kier alpha value is -2.21. The van der Waals surface area contributed by atoms with Crippen molar-refractivity contribution in [3.63, 3.8) is 0 Å². The fraction of sp³-hybridized carbons (Fsp3) is 0.308. The molecule has 3 N–H and O–H groups in total. The van der Waals surface area contributed by atoms with Crippen molar-refractivity contribution in [2.24, 2.45) is 5.73 Å². The molecule has 0 aliphatic carbocycles. The van der Waals surface area contributed by atoms with Gasteiger partial charge in [0.25, 0.3) is 0 Å². The first-order valence-electron chi connectivity index (χ1n) is 6.03. The average molecular weight is 262 g/mol. The van der Waals surface area contributed by atoms with E-state index in [4.69, 9.17) is 5.73 Å². The molecule has 2 aromatic rings. The van der Waals surface area contributed by atoms with Crippen LogP contribution in [0.5, 0.6) is 0 Å². The zero-order valence-electron chi connectivity index (χ0n) is 10.6. The number of nitrogens with two attached hydrogens (primary N) is 1. The number of Topliss-reactive ketones (excluding diaryl/α,β-unsaturated/α-hetero) is 1. The third-order valence-electron chi connectivity index (χ3n) is 2.94. The molecule has 0 amide bonds. The summed E-state index contributed by atoms with van der Waals surface area (Å²) in [6.45, 7) is 1.67. The van der Waals surface area contributed by atoms with Crippen LogP contribution in [-0.4, -0.2) is 17.6 Å². The average Bonchev–Trinajstić information content (AvgIpc) is 2.81. The number of nitrogens with zero attached hydrogens (tertiary/aromatic N) is 1. The van der Waals surface area contributed by atoms with Crippen molar-refractivity contribution in [2.75, 3.05) is 6.54 Å². The number of carbonyl (C=O) groups is 1. The van der Waals surface area contributed by atoms with Crippen molar-refractivity contribution in [1.82, 2.24) is 5.27 Å². The summed E-state index contributed by atoms with van der Waals surface area (Å²) < 4.78 is 6.12. The zero-order chi connectivity index (χ0) is 13.8. The van der Waals surface area contributed by atoms with Crippen LogP contribution in [0, 0.1) is 0 Å². The van der Waals surface area contributed by atoms with Gasteiger partial charge >= 0.3 is 11.3 Å². The van der Waals surface area contributed by atoms with E-state index in [0.29, 0.717) is 6.42 Å². The fourth-order valence-corrected chi connectivity index (χ4v) is 1.98. The number of benzene rings is 1. The van der Waals surface area contributed by atoms with Crippen LogP contribution in [0.3, 0.4) is 0 Å². The Morgan fingerprint density at radius 3 is 2.74 bits per heavy atom. The van der Waals surface area contributed by atoms with Crippen LogP contribution >= 0.6 is 0 Å². The lowest BCUT2D eigenvalue weighted by atomic mass is 10.1. The SMILES string of the molecule is C[C@H](Cc1ccccc1)[n+]1[nH]oc(=O)c1C(=O)CN. The van der Waals surface area contributed by atoms with Gasteiger partial charge in [-0.2, -0.15) is 0 Å². The Balaban J connectivity index is 2.27. The first-order valence-corrected chi connectivity index (χ1v) is 6.03. The van der Waals surface area contributed by atoms with Gasteiger partial charge in [-0.1, -0.05) is 35.0 Å². The van der Waals surface area contributed by atoms with Gasteiger partial charge < -0.3 is 5.73 Å². The molecule has 6 heteroatoms. The summed E-state index contributed by atoms with van der Waals surface area (Å²) in [4.78, 5) is 23.1. The van der Waals surface area contributed by atoms with Gasteiger partial charge in [0.1, 0.15) is 0 Å². The summed E-state index contributed by atoms with van der Waals surface area (Å²) in [5.74, 6) is -0.435. The molecule has 1 atom stereocenters. The molecule has 1 heterocycles. The van der Waals surface area contributed by atoms with Crippen LogP contribution in [-0.2, 0) is 6.42 Å². The largest absolute Gasteiger partial charge is 0.438 e. The van der Waals surface area contributed by atoms with Crippen LogP contribution in [0.2, 0.25) is 0 Å². The number of aromatic amines is 1. The number of nitrogens with one attached hydrogen (secondary N) is 1. The highest BCUT2D eigenvalue weighted by Gasteiger charge is 2.31. The number of hydrogen-bond donors (Lipinski definition) is 2. The molecule has 0 fully saturated rings. The van der Waals surface area contributed by atoms with E-state index in [9.17, 15) is 9.59 Å². The molecule has 0 aliphatic heterocycles. The van der Waals surface area contributed by atoms with Gasteiger partial charge in [0.15, 0.2) is 6.04 Å². The van der Waals surface area contributed by atoms with Gasteiger partial charge in [-0.25, -0.2) is 4.79 Å². The van der Waals surface area contributed by atoms with Gasteiger partial charge in [0.2, 0.25) is 5.78 Å². The van der Waals surface area contributed by atoms with E-state index >= 15 is 0 Å². The first-order chi connectivity index (χ1) is 9.13. The van der Waals surface area contributed by atoms with Gasteiger partial charge in [-0.05, 0) is 10.8 Å². The van der Waals surface area contributed by atoms with E-state index < -0.39 is 11.4 Å². The Morgan fingerprint density at radius 1 is 1.42 bits per heavy atom. The molecule has 1 aromatic carbocycles. The Bertz CT molecular complexity index is 616. The summed E-state index contributed by atoms with van der Waals surface area (Å²) >= 11 is 0. The molecule has 0 saturated heterocycles. The van der Waals surface area contributed by atoms with Crippen LogP contribution in [0.15, 0.2) is 39.6 Å². The summed E-state index contributed by atoms with van der Waals surface area (Å²) in [7, 11) is 0. The molecule has 19 heavy (non-hydrogen) atoms. The Labute approximate surface area is 109 Å². The van der Waals surface area contributed by atoms with Gasteiger partial charge in [-0.3, -0.25) is 9.32 Å². The highest BCUT2D eigenvalue weighted by Crippen LogP contribution is 2.07. The highest BCUT2D eigenvalue weighted by molar-refractivity contribution is 5.93. The van der Waals surface area contributed by atoms with E-state index in [0.717, 1.165) is 5.56 Å². The van der Waals surface area contributed by atoms with E-state index in [1.165, 1.54) is 4.68 Å². The smallest absolute Gasteiger partial charge is 0.324 e. The lowest BCUT2D eigenvalue weighted by molar-refractivity contribution is -0.783. The van der Waals surface area contributed by atoms with Crippen molar-refractivity contribution in [3.05, 3.63) is 52.0 Å². The third-order valence-corrected chi connectivity index (χ3v) is 2.94. The minimum atomic E-state index is -0.685. The maximum absolute atomic E-state index is 11.6. The van der Waals surface area contributed by atoms with Crippen LogP contribution < -0.4 is 16.0 Å². The minimum absolute atomic E-state index is 0.0362. The monoisotopic (exact) mass is 262 g/mol. The number of ketones is 1. The maximum Gasteiger partial charge on any atom is 0.438 e. The normalized spacial score (nSPS) is 12.3. The van der Waals surface area contributed by atoms with Crippen LogP contribution in [0.4, 0.5) is 0 Å². The molecule has 1 aromatic heterocycles. The molecule has 0 aliphatic rings. The minimum Gasteiger partial charge on any atom is -0.324 e. The second-order valence-corrected chi connectivity index (χ2v) is 4.37. The van der Waals surface area contributed by atoms with E-state index in [-0.39, 0.29) is 18.3 Å². The molecule has 0 saturated carbocycles. The molecular weight excluding hydrogens is 246 g/mol. The number of H-pyrrole nitrogens is 1. The van der Waals surface area contributed by atoms with Gasteiger partial charge in [-0.15, -0.1) is 0 Å². The second kappa shape index (κ2) is 5.62. The lowest BCUT2D eigenvalue weighted by Gasteiger charge is -2.04. The molecular formula is C13H16N3O3+. The number of hydrogen-bond acceptors (Lipinski definition) is 4. The lowest BCUT2D eigenvalue weighted by Crippen LogP contribution is -2.48. The molecule has 0 bridgehead atoms. The topological polar surface area (TPSA) is 93.0 Å². The van der Waals surface area contributed by atoms with E-state index in [1.54, 1.807) is 0 Å². The van der Waals surface area contributed by atoms with Crippen molar-refractivity contribution < 1.29 is 14.0 Å². The molecule has 0 radical (unpaired) electrons. The first kappa shape index (κ1) is 13.2.